The minimum Gasteiger partial charge on any atom is -0.485 e. The number of hydrogen-bond donors (Lipinski definition) is 1. The molecule has 0 saturated carbocycles. The van der Waals surface area contributed by atoms with Gasteiger partial charge in [0.2, 0.25) is 0 Å². The van der Waals surface area contributed by atoms with E-state index in [1.54, 1.807) is 60.7 Å². The van der Waals surface area contributed by atoms with E-state index in [2.05, 4.69) is 5.32 Å². The van der Waals surface area contributed by atoms with Gasteiger partial charge in [-0.15, -0.1) is 0 Å². The van der Waals surface area contributed by atoms with E-state index < -0.39 is 0 Å². The van der Waals surface area contributed by atoms with Crippen LogP contribution in [0.1, 0.15) is 20.7 Å². The Morgan fingerprint density at radius 3 is 2.19 bits per heavy atom. The zero-order valence-corrected chi connectivity index (χ0v) is 14.6. The first-order chi connectivity index (χ1) is 12.6. The van der Waals surface area contributed by atoms with E-state index in [0.717, 1.165) is 0 Å². The highest BCUT2D eigenvalue weighted by Gasteiger charge is 2.10. The molecule has 3 aromatic rings. The molecule has 3 aromatic carbocycles. The summed E-state index contributed by atoms with van der Waals surface area (Å²) in [6, 6.07) is 22.6. The van der Waals surface area contributed by atoms with Gasteiger partial charge in [-0.1, -0.05) is 54.1 Å². The van der Waals surface area contributed by atoms with E-state index in [1.807, 2.05) is 18.2 Å². The molecule has 0 heterocycles. The molecule has 0 saturated heterocycles. The molecular formula is C21H16ClNO3. The van der Waals surface area contributed by atoms with Gasteiger partial charge in [0, 0.05) is 11.3 Å². The Bertz CT molecular complexity index is 908. The highest BCUT2D eigenvalue weighted by atomic mass is 35.5. The van der Waals surface area contributed by atoms with Gasteiger partial charge in [-0.25, -0.2) is 0 Å². The summed E-state index contributed by atoms with van der Waals surface area (Å²) in [4.78, 5) is 24.2. The van der Waals surface area contributed by atoms with Crippen LogP contribution < -0.4 is 10.1 Å². The van der Waals surface area contributed by atoms with Gasteiger partial charge in [0.1, 0.15) is 5.75 Å². The fourth-order valence-corrected chi connectivity index (χ4v) is 2.56. The first kappa shape index (κ1) is 17.7. The summed E-state index contributed by atoms with van der Waals surface area (Å²) in [7, 11) is 0. The van der Waals surface area contributed by atoms with Crippen LogP contribution in [-0.4, -0.2) is 18.3 Å². The molecule has 5 heteroatoms. The Hall–Kier alpha value is -3.11. The SMILES string of the molecule is O=C(COc1ccc(NC(=O)c2ccccc2Cl)cc1)c1ccccc1. The maximum atomic E-state index is 12.2. The average molecular weight is 366 g/mol. The fraction of sp³-hybridized carbons (Fsp3) is 0.0476. The molecule has 130 valence electrons. The van der Waals surface area contributed by atoms with Crippen molar-refractivity contribution in [2.45, 2.75) is 0 Å². The van der Waals surface area contributed by atoms with Crippen LogP contribution in [0.2, 0.25) is 5.02 Å². The van der Waals surface area contributed by atoms with Gasteiger partial charge in [0.15, 0.2) is 12.4 Å². The van der Waals surface area contributed by atoms with Crippen molar-refractivity contribution in [3.8, 4) is 5.75 Å². The van der Waals surface area contributed by atoms with Crippen molar-refractivity contribution < 1.29 is 14.3 Å². The van der Waals surface area contributed by atoms with E-state index in [0.29, 0.717) is 27.6 Å². The quantitative estimate of drug-likeness (QED) is 0.635. The predicted octanol–water partition coefficient (Wildman–Crippen LogP) is 4.85. The summed E-state index contributed by atoms with van der Waals surface area (Å²) in [5, 5.41) is 3.16. The minimum atomic E-state index is -0.288. The molecule has 0 radical (unpaired) electrons. The van der Waals surface area contributed by atoms with E-state index in [1.165, 1.54) is 0 Å². The van der Waals surface area contributed by atoms with Gasteiger partial charge in [-0.3, -0.25) is 9.59 Å². The number of rotatable bonds is 6. The summed E-state index contributed by atoms with van der Waals surface area (Å²) in [5.74, 6) is 0.162. The van der Waals surface area contributed by atoms with Crippen LogP contribution in [-0.2, 0) is 0 Å². The van der Waals surface area contributed by atoms with Crippen molar-refractivity contribution >= 4 is 29.0 Å². The number of carbonyl (C=O) groups is 2. The zero-order valence-electron chi connectivity index (χ0n) is 13.8. The number of amides is 1. The van der Waals surface area contributed by atoms with Crippen molar-refractivity contribution in [1.82, 2.24) is 0 Å². The van der Waals surface area contributed by atoms with E-state index in [9.17, 15) is 9.59 Å². The Kier molecular flexibility index (Phi) is 5.66. The molecule has 26 heavy (non-hydrogen) atoms. The van der Waals surface area contributed by atoms with Crippen LogP contribution in [0.15, 0.2) is 78.9 Å². The maximum Gasteiger partial charge on any atom is 0.257 e. The number of nitrogens with one attached hydrogen (secondary N) is 1. The summed E-state index contributed by atoms with van der Waals surface area (Å²) in [6.45, 7) is -0.0463. The lowest BCUT2D eigenvalue weighted by Crippen LogP contribution is -2.13. The minimum absolute atomic E-state index is 0.0463. The topological polar surface area (TPSA) is 55.4 Å². The highest BCUT2D eigenvalue weighted by Crippen LogP contribution is 2.19. The largest absolute Gasteiger partial charge is 0.485 e. The third-order valence-corrected chi connectivity index (χ3v) is 4.03. The van der Waals surface area contributed by atoms with Crippen LogP contribution in [0.3, 0.4) is 0 Å². The van der Waals surface area contributed by atoms with Gasteiger partial charge in [-0.05, 0) is 36.4 Å². The second-order valence-corrected chi connectivity index (χ2v) is 5.94. The molecule has 0 atom stereocenters. The Morgan fingerprint density at radius 2 is 1.50 bits per heavy atom. The van der Waals surface area contributed by atoms with Crippen molar-refractivity contribution in [2.24, 2.45) is 0 Å². The number of Topliss-reactive ketones (excluding diaryl/α,β-unsaturated/α-hetero) is 1. The third-order valence-electron chi connectivity index (χ3n) is 3.70. The first-order valence-corrected chi connectivity index (χ1v) is 8.38. The molecule has 0 fully saturated rings. The molecular weight excluding hydrogens is 350 g/mol. The van der Waals surface area contributed by atoms with Crippen molar-refractivity contribution in [2.75, 3.05) is 11.9 Å². The number of anilines is 1. The van der Waals surface area contributed by atoms with Crippen LogP contribution in [0.25, 0.3) is 0 Å². The molecule has 1 N–H and O–H groups in total. The van der Waals surface area contributed by atoms with Gasteiger partial charge in [0.05, 0.1) is 10.6 Å². The molecule has 0 bridgehead atoms. The summed E-state index contributed by atoms with van der Waals surface area (Å²) >= 11 is 6.02. The molecule has 0 aliphatic rings. The van der Waals surface area contributed by atoms with Gasteiger partial charge in [0.25, 0.3) is 5.91 Å². The Balaban J connectivity index is 1.58. The second-order valence-electron chi connectivity index (χ2n) is 5.54. The average Bonchev–Trinajstić information content (AvgIpc) is 2.68. The lowest BCUT2D eigenvalue weighted by molar-refractivity contribution is 0.0921. The third kappa shape index (κ3) is 4.49. The van der Waals surface area contributed by atoms with Crippen molar-refractivity contribution in [3.05, 3.63) is 95.0 Å². The van der Waals surface area contributed by atoms with Crippen LogP contribution in [0.5, 0.6) is 5.75 Å². The Morgan fingerprint density at radius 1 is 0.846 bits per heavy atom. The van der Waals surface area contributed by atoms with E-state index in [-0.39, 0.29) is 18.3 Å². The summed E-state index contributed by atoms with van der Waals surface area (Å²) < 4.78 is 5.50. The number of halogens is 1. The highest BCUT2D eigenvalue weighted by molar-refractivity contribution is 6.34. The Labute approximate surface area is 156 Å². The normalized spacial score (nSPS) is 10.2. The fourth-order valence-electron chi connectivity index (χ4n) is 2.33. The van der Waals surface area contributed by atoms with Gasteiger partial charge >= 0.3 is 0 Å². The number of ketones is 1. The number of benzene rings is 3. The smallest absolute Gasteiger partial charge is 0.257 e. The molecule has 0 aromatic heterocycles. The van der Waals surface area contributed by atoms with Gasteiger partial charge in [-0.2, -0.15) is 0 Å². The number of carbonyl (C=O) groups excluding carboxylic acids is 2. The molecule has 1 amide bonds. The lowest BCUT2D eigenvalue weighted by atomic mass is 10.1. The number of ether oxygens (including phenoxy) is 1. The molecule has 0 spiro atoms. The number of hydrogen-bond acceptors (Lipinski definition) is 3. The predicted molar refractivity (Wildman–Crippen MR) is 102 cm³/mol. The monoisotopic (exact) mass is 365 g/mol. The van der Waals surface area contributed by atoms with Crippen molar-refractivity contribution in [1.29, 1.82) is 0 Å². The standard InChI is InChI=1S/C21H16ClNO3/c22-19-9-5-4-8-18(19)21(25)23-16-10-12-17(13-11-16)26-14-20(24)15-6-2-1-3-7-15/h1-13H,14H2,(H,23,25). The molecule has 4 nitrogen and oxygen atoms in total. The van der Waals surface area contributed by atoms with Gasteiger partial charge < -0.3 is 10.1 Å². The zero-order chi connectivity index (χ0) is 18.4. The first-order valence-electron chi connectivity index (χ1n) is 8.00. The van der Waals surface area contributed by atoms with E-state index in [4.69, 9.17) is 16.3 Å². The molecule has 3 rings (SSSR count). The lowest BCUT2D eigenvalue weighted by Gasteiger charge is -2.09. The summed E-state index contributed by atoms with van der Waals surface area (Å²) in [6.07, 6.45) is 0. The second kappa shape index (κ2) is 8.32. The molecule has 0 aliphatic carbocycles. The molecule has 0 aliphatic heterocycles. The van der Waals surface area contributed by atoms with Crippen LogP contribution >= 0.6 is 11.6 Å². The van der Waals surface area contributed by atoms with Crippen LogP contribution in [0.4, 0.5) is 5.69 Å². The molecule has 0 unspecified atom stereocenters. The maximum absolute atomic E-state index is 12.2. The van der Waals surface area contributed by atoms with Crippen LogP contribution in [0, 0.1) is 0 Å². The summed E-state index contributed by atoms with van der Waals surface area (Å²) in [5.41, 5.74) is 1.62. The van der Waals surface area contributed by atoms with Crippen molar-refractivity contribution in [3.63, 3.8) is 0 Å². The van der Waals surface area contributed by atoms with E-state index >= 15 is 0 Å².